The number of hydrogen-bond acceptors (Lipinski definition) is 5. The Bertz CT molecular complexity index is 967. The molecular weight excluding hydrogens is 340 g/mol. The molecule has 2 N–H and O–H groups in total. The number of halogens is 1. The zero-order chi connectivity index (χ0) is 18.0. The van der Waals surface area contributed by atoms with Gasteiger partial charge in [0, 0.05) is 29.4 Å². The number of aromatic nitrogens is 3. The molecule has 0 spiro atoms. The van der Waals surface area contributed by atoms with Gasteiger partial charge in [0.2, 0.25) is 5.95 Å². The molecule has 130 valence electrons. The minimum absolute atomic E-state index is 0.00854. The van der Waals surface area contributed by atoms with Crippen LogP contribution in [0.15, 0.2) is 41.3 Å². The fraction of sp³-hybridized carbons (Fsp3) is 0.278. The standard InChI is InChI=1S/C18H19ClN4O2/c1-3-13(4-2)23-16(25)8-5-11-10-20-18(22-17(11)23)21-12-6-7-15(24)14(19)9-12/h5-10,13,24H,3-4H2,1-2H3,(H,20,21,22). The number of benzene rings is 1. The molecule has 0 saturated heterocycles. The molecule has 2 heterocycles. The fourth-order valence-corrected chi connectivity index (χ4v) is 3.00. The monoisotopic (exact) mass is 358 g/mol. The largest absolute Gasteiger partial charge is 0.506 e. The van der Waals surface area contributed by atoms with Crippen LogP contribution in [0.3, 0.4) is 0 Å². The second-order valence-corrected chi connectivity index (χ2v) is 6.18. The van der Waals surface area contributed by atoms with Crippen LogP contribution in [-0.2, 0) is 0 Å². The van der Waals surface area contributed by atoms with Gasteiger partial charge in [0.1, 0.15) is 11.4 Å². The van der Waals surface area contributed by atoms with Gasteiger partial charge < -0.3 is 10.4 Å². The van der Waals surface area contributed by atoms with E-state index >= 15 is 0 Å². The number of phenols is 1. The number of fused-ring (bicyclic) bond motifs is 1. The van der Waals surface area contributed by atoms with Gasteiger partial charge >= 0.3 is 0 Å². The van der Waals surface area contributed by atoms with Gasteiger partial charge in [-0.3, -0.25) is 9.36 Å². The van der Waals surface area contributed by atoms with E-state index < -0.39 is 0 Å². The molecule has 2 aromatic heterocycles. The Morgan fingerprint density at radius 2 is 2.00 bits per heavy atom. The van der Waals surface area contributed by atoms with Gasteiger partial charge in [0.15, 0.2) is 0 Å². The van der Waals surface area contributed by atoms with E-state index in [1.54, 1.807) is 35.0 Å². The van der Waals surface area contributed by atoms with Gasteiger partial charge in [-0.2, -0.15) is 4.98 Å². The lowest BCUT2D eigenvalue weighted by Gasteiger charge is -2.18. The van der Waals surface area contributed by atoms with Crippen molar-refractivity contribution in [2.24, 2.45) is 0 Å². The highest BCUT2D eigenvalue weighted by Crippen LogP contribution is 2.27. The first-order valence-electron chi connectivity index (χ1n) is 8.17. The van der Waals surface area contributed by atoms with Gasteiger partial charge in [-0.1, -0.05) is 25.4 Å². The first kappa shape index (κ1) is 17.2. The van der Waals surface area contributed by atoms with Crippen LogP contribution in [0.5, 0.6) is 5.75 Å². The molecule has 0 aliphatic carbocycles. The summed E-state index contributed by atoms with van der Waals surface area (Å²) in [5.74, 6) is 0.369. The van der Waals surface area contributed by atoms with E-state index in [2.05, 4.69) is 29.1 Å². The third-order valence-electron chi connectivity index (χ3n) is 4.18. The van der Waals surface area contributed by atoms with Crippen molar-refractivity contribution >= 4 is 34.3 Å². The second kappa shape index (κ2) is 7.11. The molecule has 0 bridgehead atoms. The summed E-state index contributed by atoms with van der Waals surface area (Å²) < 4.78 is 1.73. The normalized spacial score (nSPS) is 11.2. The van der Waals surface area contributed by atoms with Crippen LogP contribution >= 0.6 is 11.6 Å². The Morgan fingerprint density at radius 3 is 2.68 bits per heavy atom. The van der Waals surface area contributed by atoms with Crippen LogP contribution in [0.2, 0.25) is 5.02 Å². The molecule has 0 fully saturated rings. The number of pyridine rings is 1. The number of rotatable bonds is 5. The topological polar surface area (TPSA) is 80.0 Å². The summed E-state index contributed by atoms with van der Waals surface area (Å²) in [4.78, 5) is 21.2. The van der Waals surface area contributed by atoms with Crippen molar-refractivity contribution in [1.29, 1.82) is 0 Å². The number of hydrogen-bond donors (Lipinski definition) is 2. The lowest BCUT2D eigenvalue weighted by molar-refractivity contribution is 0.470. The fourth-order valence-electron chi connectivity index (χ4n) is 2.82. The Balaban J connectivity index is 2.07. The van der Waals surface area contributed by atoms with Crippen molar-refractivity contribution in [3.63, 3.8) is 0 Å². The number of phenolic OH excluding ortho intramolecular Hbond substituents is 1. The number of aromatic hydroxyl groups is 1. The van der Waals surface area contributed by atoms with Crippen molar-refractivity contribution < 1.29 is 5.11 Å². The van der Waals surface area contributed by atoms with Gasteiger partial charge in [-0.25, -0.2) is 4.98 Å². The third kappa shape index (κ3) is 3.44. The summed E-state index contributed by atoms with van der Waals surface area (Å²) in [6.07, 6.45) is 3.37. The van der Waals surface area contributed by atoms with E-state index in [-0.39, 0.29) is 22.4 Å². The predicted molar refractivity (Wildman–Crippen MR) is 99.8 cm³/mol. The van der Waals surface area contributed by atoms with Gasteiger partial charge in [0.05, 0.1) is 5.02 Å². The molecule has 25 heavy (non-hydrogen) atoms. The zero-order valence-electron chi connectivity index (χ0n) is 14.0. The molecule has 0 radical (unpaired) electrons. The predicted octanol–water partition coefficient (Wildman–Crippen LogP) is 4.26. The van der Waals surface area contributed by atoms with Gasteiger partial charge in [-0.05, 0) is 37.1 Å². The van der Waals surface area contributed by atoms with E-state index in [1.807, 2.05) is 0 Å². The van der Waals surface area contributed by atoms with E-state index in [0.717, 1.165) is 18.2 Å². The van der Waals surface area contributed by atoms with Crippen LogP contribution in [0.25, 0.3) is 11.0 Å². The molecule has 0 aliphatic heterocycles. The first-order valence-corrected chi connectivity index (χ1v) is 8.55. The summed E-state index contributed by atoms with van der Waals surface area (Å²) in [5, 5.41) is 13.6. The minimum atomic E-state index is -0.0708. The third-order valence-corrected chi connectivity index (χ3v) is 4.48. The molecule has 3 rings (SSSR count). The maximum atomic E-state index is 12.4. The summed E-state index contributed by atoms with van der Waals surface area (Å²) in [6, 6.07) is 8.12. The second-order valence-electron chi connectivity index (χ2n) is 5.78. The summed E-state index contributed by atoms with van der Waals surface area (Å²) in [5.41, 5.74) is 1.18. The highest BCUT2D eigenvalue weighted by Gasteiger charge is 2.14. The van der Waals surface area contributed by atoms with E-state index in [4.69, 9.17) is 11.6 Å². The van der Waals surface area contributed by atoms with Gasteiger partial charge in [-0.15, -0.1) is 0 Å². The van der Waals surface area contributed by atoms with Crippen LogP contribution in [0, 0.1) is 0 Å². The SMILES string of the molecule is CCC(CC)n1c(=O)ccc2cnc(Nc3ccc(O)c(Cl)c3)nc21. The molecule has 0 saturated carbocycles. The molecule has 6 nitrogen and oxygen atoms in total. The highest BCUT2D eigenvalue weighted by molar-refractivity contribution is 6.32. The van der Waals surface area contributed by atoms with E-state index in [0.29, 0.717) is 17.3 Å². The molecule has 7 heteroatoms. The molecule has 3 aromatic rings. The molecule has 1 aromatic carbocycles. The maximum Gasteiger partial charge on any atom is 0.252 e. The molecule has 0 unspecified atom stereocenters. The first-order chi connectivity index (χ1) is 12.0. The average Bonchev–Trinajstić information content (AvgIpc) is 2.61. The number of nitrogens with zero attached hydrogens (tertiary/aromatic N) is 3. The van der Waals surface area contributed by atoms with Crippen molar-refractivity contribution in [3.05, 3.63) is 51.9 Å². The molecule has 0 atom stereocenters. The minimum Gasteiger partial charge on any atom is -0.506 e. The van der Waals surface area contributed by atoms with Crippen molar-refractivity contribution in [1.82, 2.24) is 14.5 Å². The number of anilines is 2. The van der Waals surface area contributed by atoms with Crippen LogP contribution < -0.4 is 10.9 Å². The highest BCUT2D eigenvalue weighted by atomic mass is 35.5. The van der Waals surface area contributed by atoms with Crippen LogP contribution in [0.1, 0.15) is 32.7 Å². The average molecular weight is 359 g/mol. The Hall–Kier alpha value is -2.60. The van der Waals surface area contributed by atoms with E-state index in [9.17, 15) is 9.90 Å². The van der Waals surface area contributed by atoms with Crippen molar-refractivity contribution in [2.45, 2.75) is 32.7 Å². The summed E-state index contributed by atoms with van der Waals surface area (Å²) in [7, 11) is 0. The van der Waals surface area contributed by atoms with Crippen LogP contribution in [-0.4, -0.2) is 19.6 Å². The smallest absolute Gasteiger partial charge is 0.252 e. The molecule has 0 aliphatic rings. The summed E-state index contributed by atoms with van der Waals surface area (Å²) in [6.45, 7) is 4.11. The van der Waals surface area contributed by atoms with Crippen molar-refractivity contribution in [3.8, 4) is 5.75 Å². The van der Waals surface area contributed by atoms with Gasteiger partial charge in [0.25, 0.3) is 5.56 Å². The lowest BCUT2D eigenvalue weighted by Crippen LogP contribution is -2.24. The lowest BCUT2D eigenvalue weighted by atomic mass is 10.1. The van der Waals surface area contributed by atoms with Crippen molar-refractivity contribution in [2.75, 3.05) is 5.32 Å². The Kier molecular flexibility index (Phi) is 4.90. The number of nitrogens with one attached hydrogen (secondary N) is 1. The Labute approximate surface area is 150 Å². The molecular formula is C18H19ClN4O2. The molecule has 0 amide bonds. The van der Waals surface area contributed by atoms with E-state index in [1.165, 1.54) is 6.07 Å². The summed E-state index contributed by atoms with van der Waals surface area (Å²) >= 11 is 5.92. The quantitative estimate of drug-likeness (QED) is 0.666. The zero-order valence-corrected chi connectivity index (χ0v) is 14.8. The maximum absolute atomic E-state index is 12.4. The van der Waals surface area contributed by atoms with Crippen LogP contribution in [0.4, 0.5) is 11.6 Å². The Morgan fingerprint density at radius 1 is 1.24 bits per heavy atom.